The predicted octanol–water partition coefficient (Wildman–Crippen LogP) is 11.6. The molecule has 0 bridgehead atoms. The van der Waals surface area contributed by atoms with E-state index in [9.17, 15) is 0 Å². The first-order chi connectivity index (χ1) is 22.8. The van der Waals surface area contributed by atoms with E-state index in [1.165, 1.54) is 52.5 Å². The number of aromatic nitrogens is 3. The van der Waals surface area contributed by atoms with Crippen molar-refractivity contribution in [2.24, 2.45) is 0 Å². The molecule has 0 aliphatic heterocycles. The molecule has 3 aromatic heterocycles. The van der Waals surface area contributed by atoms with Gasteiger partial charge < -0.3 is 0 Å². The first-order valence-electron chi connectivity index (χ1n) is 15.5. The number of rotatable bonds is 3. The second kappa shape index (κ2) is 9.83. The minimum atomic E-state index is 0.668. The number of thiophene rings is 1. The van der Waals surface area contributed by atoms with Crippen LogP contribution in [0.3, 0.4) is 0 Å². The summed E-state index contributed by atoms with van der Waals surface area (Å²) in [6.45, 7) is 0. The molecule has 46 heavy (non-hydrogen) atoms. The Morgan fingerprint density at radius 2 is 1.11 bits per heavy atom. The smallest absolute Gasteiger partial charge is 0.235 e. The Balaban J connectivity index is 1.34. The maximum Gasteiger partial charge on any atom is 0.235 e. The van der Waals surface area contributed by atoms with Crippen LogP contribution in [0.5, 0.6) is 0 Å². The number of nitrogens with zero attached hydrogens (tertiary/aromatic N) is 3. The maximum absolute atomic E-state index is 5.36. The SMILES string of the molecule is c1ccc(-c2cc(-c3ccc4ccccc4c3)nc(-n3c4cc5sc6ccccc6c5cc4c4ccc5ccccc5c43)n2)cc1. The van der Waals surface area contributed by atoms with Crippen LogP contribution in [0.2, 0.25) is 0 Å². The van der Waals surface area contributed by atoms with E-state index in [2.05, 4.69) is 150 Å². The molecule has 0 fully saturated rings. The summed E-state index contributed by atoms with van der Waals surface area (Å²) in [5, 5.41) is 9.78. The Morgan fingerprint density at radius 3 is 1.98 bits per heavy atom. The Morgan fingerprint density at radius 1 is 0.413 bits per heavy atom. The molecule has 0 radical (unpaired) electrons. The van der Waals surface area contributed by atoms with Gasteiger partial charge in [-0.1, -0.05) is 121 Å². The van der Waals surface area contributed by atoms with Crippen molar-refractivity contribution in [1.29, 1.82) is 0 Å². The fourth-order valence-electron chi connectivity index (χ4n) is 6.99. The molecule has 3 heterocycles. The third kappa shape index (κ3) is 3.84. The molecule has 3 nitrogen and oxygen atoms in total. The molecule has 0 amide bonds. The van der Waals surface area contributed by atoms with Crippen molar-refractivity contribution in [3.8, 4) is 28.5 Å². The van der Waals surface area contributed by atoms with Gasteiger partial charge in [0.05, 0.1) is 22.4 Å². The van der Waals surface area contributed by atoms with Gasteiger partial charge in [-0.15, -0.1) is 11.3 Å². The van der Waals surface area contributed by atoms with Crippen LogP contribution in [-0.2, 0) is 0 Å². The Labute approximate surface area is 268 Å². The van der Waals surface area contributed by atoms with Gasteiger partial charge in [0.15, 0.2) is 0 Å². The number of fused-ring (bicyclic) bond motifs is 9. The molecule has 0 saturated carbocycles. The molecule has 0 atom stereocenters. The summed E-state index contributed by atoms with van der Waals surface area (Å²) in [7, 11) is 0. The standard InChI is InChI=1S/C42H25N3S/c1-2-12-28(13-3-1)36-24-37(30-19-18-26-10-4-5-14-29(26)22-30)44-42(43-36)45-38-25-40-35(32-16-8-9-17-39(32)46-40)23-34(38)33-21-20-27-11-6-7-15-31(27)41(33)45/h1-25H. The normalized spacial score (nSPS) is 11.9. The number of benzene rings is 7. The van der Waals surface area contributed by atoms with Crippen molar-refractivity contribution in [3.05, 3.63) is 152 Å². The first kappa shape index (κ1) is 25.5. The lowest BCUT2D eigenvalue weighted by molar-refractivity contribution is 0.999. The van der Waals surface area contributed by atoms with Crippen molar-refractivity contribution >= 4 is 74.9 Å². The van der Waals surface area contributed by atoms with Crippen LogP contribution < -0.4 is 0 Å². The van der Waals surface area contributed by atoms with Gasteiger partial charge in [-0.3, -0.25) is 4.57 Å². The zero-order valence-electron chi connectivity index (χ0n) is 24.7. The van der Waals surface area contributed by atoms with Gasteiger partial charge in [0.1, 0.15) is 0 Å². The summed E-state index contributed by atoms with van der Waals surface area (Å²) in [5.74, 6) is 0.668. The van der Waals surface area contributed by atoms with E-state index in [0.717, 1.165) is 33.5 Å². The molecule has 0 saturated heterocycles. The molecule has 0 unspecified atom stereocenters. The minimum absolute atomic E-state index is 0.668. The Bertz CT molecular complexity index is 2810. The molecule has 4 heteroatoms. The van der Waals surface area contributed by atoms with Gasteiger partial charge in [-0.25, -0.2) is 9.97 Å². The van der Waals surface area contributed by atoms with Crippen molar-refractivity contribution in [2.45, 2.75) is 0 Å². The van der Waals surface area contributed by atoms with Crippen LogP contribution in [0.4, 0.5) is 0 Å². The molecule has 0 N–H and O–H groups in total. The Hall–Kier alpha value is -5.84. The molecular weight excluding hydrogens is 579 g/mol. The lowest BCUT2D eigenvalue weighted by Crippen LogP contribution is -2.04. The largest absolute Gasteiger partial charge is 0.277 e. The second-order valence-electron chi connectivity index (χ2n) is 11.8. The first-order valence-corrected chi connectivity index (χ1v) is 16.3. The fourth-order valence-corrected chi connectivity index (χ4v) is 8.11. The van der Waals surface area contributed by atoms with Gasteiger partial charge >= 0.3 is 0 Å². The topological polar surface area (TPSA) is 30.7 Å². The average Bonchev–Trinajstić information content (AvgIpc) is 3.65. The van der Waals surface area contributed by atoms with Gasteiger partial charge in [0.25, 0.3) is 0 Å². The molecular formula is C42H25N3S. The fraction of sp³-hybridized carbons (Fsp3) is 0. The van der Waals surface area contributed by atoms with Crippen LogP contribution >= 0.6 is 11.3 Å². The number of hydrogen-bond donors (Lipinski definition) is 0. The van der Waals surface area contributed by atoms with Crippen LogP contribution in [0.25, 0.3) is 92.0 Å². The van der Waals surface area contributed by atoms with E-state index in [0.29, 0.717) is 5.95 Å². The van der Waals surface area contributed by atoms with E-state index in [1.54, 1.807) is 0 Å². The summed E-state index contributed by atoms with van der Waals surface area (Å²) < 4.78 is 4.86. The number of hydrogen-bond acceptors (Lipinski definition) is 3. The minimum Gasteiger partial charge on any atom is -0.277 e. The molecule has 7 aromatic carbocycles. The van der Waals surface area contributed by atoms with Crippen molar-refractivity contribution in [2.75, 3.05) is 0 Å². The lowest BCUT2D eigenvalue weighted by atomic mass is 10.0. The quantitative estimate of drug-likeness (QED) is 0.201. The molecule has 214 valence electrons. The predicted molar refractivity (Wildman–Crippen MR) is 195 cm³/mol. The van der Waals surface area contributed by atoms with Crippen molar-refractivity contribution in [3.63, 3.8) is 0 Å². The van der Waals surface area contributed by atoms with Gasteiger partial charge in [0.2, 0.25) is 5.95 Å². The van der Waals surface area contributed by atoms with Crippen molar-refractivity contribution < 1.29 is 0 Å². The van der Waals surface area contributed by atoms with E-state index >= 15 is 0 Å². The van der Waals surface area contributed by atoms with Gasteiger partial charge in [-0.05, 0) is 46.5 Å². The summed E-state index contributed by atoms with van der Waals surface area (Å²) in [6, 6.07) is 54.2. The highest BCUT2D eigenvalue weighted by molar-refractivity contribution is 7.25. The van der Waals surface area contributed by atoms with Gasteiger partial charge in [-0.2, -0.15) is 0 Å². The molecule has 0 aliphatic carbocycles. The van der Waals surface area contributed by atoms with Crippen LogP contribution in [0.15, 0.2) is 152 Å². The third-order valence-corrected chi connectivity index (χ3v) is 10.3. The maximum atomic E-state index is 5.36. The van der Waals surface area contributed by atoms with E-state index in [1.807, 2.05) is 17.4 Å². The molecule has 0 aliphatic rings. The second-order valence-corrected chi connectivity index (χ2v) is 12.9. The van der Waals surface area contributed by atoms with E-state index in [4.69, 9.17) is 9.97 Å². The third-order valence-electron chi connectivity index (χ3n) is 9.18. The molecule has 10 rings (SSSR count). The lowest BCUT2D eigenvalue weighted by Gasteiger charge is -2.13. The Kier molecular flexibility index (Phi) is 5.45. The average molecular weight is 604 g/mol. The van der Waals surface area contributed by atoms with Crippen molar-refractivity contribution in [1.82, 2.24) is 14.5 Å². The summed E-state index contributed by atoms with van der Waals surface area (Å²) in [4.78, 5) is 10.7. The van der Waals surface area contributed by atoms with Gasteiger partial charge in [0, 0.05) is 47.5 Å². The van der Waals surface area contributed by atoms with E-state index in [-0.39, 0.29) is 0 Å². The monoisotopic (exact) mass is 603 g/mol. The summed E-state index contributed by atoms with van der Waals surface area (Å²) >= 11 is 1.84. The van der Waals surface area contributed by atoms with Crippen LogP contribution in [0.1, 0.15) is 0 Å². The van der Waals surface area contributed by atoms with Crippen LogP contribution in [0, 0.1) is 0 Å². The zero-order valence-corrected chi connectivity index (χ0v) is 25.5. The summed E-state index contributed by atoms with van der Waals surface area (Å²) in [5.41, 5.74) is 6.16. The van der Waals surface area contributed by atoms with Crippen LogP contribution in [-0.4, -0.2) is 14.5 Å². The molecule has 0 spiro atoms. The summed E-state index contributed by atoms with van der Waals surface area (Å²) in [6.07, 6.45) is 0. The zero-order chi connectivity index (χ0) is 30.2. The highest BCUT2D eigenvalue weighted by Gasteiger charge is 2.20. The highest BCUT2D eigenvalue weighted by Crippen LogP contribution is 2.42. The highest BCUT2D eigenvalue weighted by atomic mass is 32.1. The van der Waals surface area contributed by atoms with E-state index < -0.39 is 0 Å². The molecule has 10 aromatic rings.